The van der Waals surface area contributed by atoms with E-state index in [0.29, 0.717) is 5.75 Å². The SMILES string of the molecule is Cc1c(-c2csc(-c3ccccc3)n2)ccc2c1NC(=O)CO2. The Morgan fingerprint density at radius 2 is 2.00 bits per heavy atom. The van der Waals surface area contributed by atoms with Gasteiger partial charge in [0.25, 0.3) is 5.91 Å². The standard InChI is InChI=1S/C18H14N2O2S/c1-11-13(7-8-15-17(11)20-16(21)9-22-15)14-10-23-18(19-14)12-5-3-2-4-6-12/h2-8,10H,9H2,1H3,(H,20,21). The van der Waals surface area contributed by atoms with Gasteiger partial charge in [-0.15, -0.1) is 11.3 Å². The van der Waals surface area contributed by atoms with Gasteiger partial charge in [0.2, 0.25) is 0 Å². The number of hydrogen-bond acceptors (Lipinski definition) is 4. The predicted molar refractivity (Wildman–Crippen MR) is 91.8 cm³/mol. The number of anilines is 1. The van der Waals surface area contributed by atoms with E-state index in [1.54, 1.807) is 11.3 Å². The maximum atomic E-state index is 11.6. The lowest BCUT2D eigenvalue weighted by atomic mass is 10.0. The third kappa shape index (κ3) is 2.49. The third-order valence-corrected chi connectivity index (χ3v) is 4.74. The van der Waals surface area contributed by atoms with E-state index in [1.807, 2.05) is 42.6 Å². The van der Waals surface area contributed by atoms with Crippen LogP contribution < -0.4 is 10.1 Å². The van der Waals surface area contributed by atoms with Crippen molar-refractivity contribution in [3.63, 3.8) is 0 Å². The highest BCUT2D eigenvalue weighted by Crippen LogP contribution is 2.38. The number of nitrogens with one attached hydrogen (secondary N) is 1. The number of carbonyl (C=O) groups is 1. The number of amides is 1. The van der Waals surface area contributed by atoms with Crippen molar-refractivity contribution < 1.29 is 9.53 Å². The van der Waals surface area contributed by atoms with E-state index in [4.69, 9.17) is 9.72 Å². The first-order valence-electron chi connectivity index (χ1n) is 7.30. The molecule has 0 aliphatic carbocycles. The molecule has 2 aromatic carbocycles. The van der Waals surface area contributed by atoms with Gasteiger partial charge in [-0.25, -0.2) is 4.98 Å². The van der Waals surface area contributed by atoms with E-state index in [-0.39, 0.29) is 12.5 Å². The summed E-state index contributed by atoms with van der Waals surface area (Å²) < 4.78 is 5.45. The molecule has 1 N–H and O–H groups in total. The molecule has 0 radical (unpaired) electrons. The predicted octanol–water partition coefficient (Wildman–Crippen LogP) is 4.12. The van der Waals surface area contributed by atoms with Crippen LogP contribution in [0.2, 0.25) is 0 Å². The van der Waals surface area contributed by atoms with Crippen molar-refractivity contribution in [1.82, 2.24) is 4.98 Å². The van der Waals surface area contributed by atoms with Crippen LogP contribution in [0.5, 0.6) is 5.75 Å². The van der Waals surface area contributed by atoms with Gasteiger partial charge in [0.1, 0.15) is 10.8 Å². The summed E-state index contributed by atoms with van der Waals surface area (Å²) in [4.78, 5) is 16.3. The number of ether oxygens (including phenoxy) is 1. The average Bonchev–Trinajstić information content (AvgIpc) is 3.06. The van der Waals surface area contributed by atoms with Gasteiger partial charge in [-0.05, 0) is 24.6 Å². The first-order valence-corrected chi connectivity index (χ1v) is 8.18. The Bertz CT molecular complexity index is 887. The Morgan fingerprint density at radius 1 is 1.17 bits per heavy atom. The van der Waals surface area contributed by atoms with Crippen LogP contribution in [0.3, 0.4) is 0 Å². The van der Waals surface area contributed by atoms with Gasteiger partial charge < -0.3 is 10.1 Å². The summed E-state index contributed by atoms with van der Waals surface area (Å²) >= 11 is 1.61. The minimum absolute atomic E-state index is 0.0701. The largest absolute Gasteiger partial charge is 0.482 e. The van der Waals surface area contributed by atoms with Crippen molar-refractivity contribution >= 4 is 22.9 Å². The highest BCUT2D eigenvalue weighted by Gasteiger charge is 2.20. The second-order valence-corrected chi connectivity index (χ2v) is 6.21. The monoisotopic (exact) mass is 322 g/mol. The highest BCUT2D eigenvalue weighted by molar-refractivity contribution is 7.13. The number of benzene rings is 2. The zero-order chi connectivity index (χ0) is 15.8. The Morgan fingerprint density at radius 3 is 2.83 bits per heavy atom. The summed E-state index contributed by atoms with van der Waals surface area (Å²) in [6, 6.07) is 14.0. The van der Waals surface area contributed by atoms with Gasteiger partial charge in [0, 0.05) is 16.5 Å². The molecule has 1 aliphatic heterocycles. The molecule has 0 saturated carbocycles. The minimum atomic E-state index is -0.124. The number of carbonyl (C=O) groups excluding carboxylic acids is 1. The average molecular weight is 322 g/mol. The maximum Gasteiger partial charge on any atom is 0.262 e. The molecule has 4 nitrogen and oxygen atoms in total. The Hall–Kier alpha value is -2.66. The van der Waals surface area contributed by atoms with E-state index >= 15 is 0 Å². The number of fused-ring (bicyclic) bond motifs is 1. The molecule has 4 rings (SSSR count). The molecule has 0 unspecified atom stereocenters. The van der Waals surface area contributed by atoms with Crippen LogP contribution in [0.1, 0.15) is 5.56 Å². The van der Waals surface area contributed by atoms with E-state index in [2.05, 4.69) is 17.4 Å². The van der Waals surface area contributed by atoms with Gasteiger partial charge in [-0.3, -0.25) is 4.79 Å². The molecular weight excluding hydrogens is 308 g/mol. The third-order valence-electron chi connectivity index (χ3n) is 3.85. The minimum Gasteiger partial charge on any atom is -0.482 e. The summed E-state index contributed by atoms with van der Waals surface area (Å²) in [5, 5.41) is 5.92. The van der Waals surface area contributed by atoms with Crippen LogP contribution >= 0.6 is 11.3 Å². The number of hydrogen-bond donors (Lipinski definition) is 1. The molecule has 5 heteroatoms. The lowest BCUT2D eigenvalue weighted by molar-refractivity contribution is -0.118. The van der Waals surface area contributed by atoms with Crippen LogP contribution in [0.4, 0.5) is 5.69 Å². The second-order valence-electron chi connectivity index (χ2n) is 5.35. The first kappa shape index (κ1) is 14.0. The molecule has 0 saturated heterocycles. The lowest BCUT2D eigenvalue weighted by Gasteiger charge is -2.21. The van der Waals surface area contributed by atoms with Crippen LogP contribution in [0.25, 0.3) is 21.8 Å². The van der Waals surface area contributed by atoms with Crippen LogP contribution in [-0.4, -0.2) is 17.5 Å². The molecule has 0 fully saturated rings. The van der Waals surface area contributed by atoms with E-state index in [1.165, 1.54) is 0 Å². The van der Waals surface area contributed by atoms with E-state index in [0.717, 1.165) is 33.1 Å². The molecule has 1 aromatic heterocycles. The molecule has 2 heterocycles. The topological polar surface area (TPSA) is 51.2 Å². The van der Waals surface area contributed by atoms with Crippen molar-refractivity contribution in [3.05, 3.63) is 53.4 Å². The summed E-state index contributed by atoms with van der Waals surface area (Å²) in [6.07, 6.45) is 0. The van der Waals surface area contributed by atoms with Crippen molar-refractivity contribution in [1.29, 1.82) is 0 Å². The first-order chi connectivity index (χ1) is 11.2. The van der Waals surface area contributed by atoms with Gasteiger partial charge >= 0.3 is 0 Å². The molecule has 1 amide bonds. The lowest BCUT2D eigenvalue weighted by Crippen LogP contribution is -2.26. The van der Waals surface area contributed by atoms with E-state index in [9.17, 15) is 4.79 Å². The summed E-state index contributed by atoms with van der Waals surface area (Å²) in [5.41, 5.74) is 4.74. The molecule has 0 bridgehead atoms. The quantitative estimate of drug-likeness (QED) is 0.772. The molecule has 1 aliphatic rings. The summed E-state index contributed by atoms with van der Waals surface area (Å²) in [7, 11) is 0. The Labute approximate surface area is 137 Å². The number of rotatable bonds is 2. The van der Waals surface area contributed by atoms with Crippen LogP contribution in [-0.2, 0) is 4.79 Å². The molecular formula is C18H14N2O2S. The summed E-state index contributed by atoms with van der Waals surface area (Å²) in [5.74, 6) is 0.588. The van der Waals surface area contributed by atoms with Gasteiger partial charge in [0.15, 0.2) is 6.61 Å². The van der Waals surface area contributed by atoms with Gasteiger partial charge in [-0.2, -0.15) is 0 Å². The normalized spacial score (nSPS) is 13.2. The molecule has 0 spiro atoms. The zero-order valence-corrected chi connectivity index (χ0v) is 13.3. The van der Waals surface area contributed by atoms with Crippen molar-refractivity contribution in [2.24, 2.45) is 0 Å². The number of nitrogens with zero attached hydrogens (tertiary/aromatic N) is 1. The van der Waals surface area contributed by atoms with Crippen molar-refractivity contribution in [3.8, 4) is 27.6 Å². The molecule has 3 aromatic rings. The fourth-order valence-corrected chi connectivity index (χ4v) is 3.50. The maximum absolute atomic E-state index is 11.6. The molecule has 23 heavy (non-hydrogen) atoms. The highest BCUT2D eigenvalue weighted by atomic mass is 32.1. The van der Waals surface area contributed by atoms with Gasteiger partial charge in [-0.1, -0.05) is 30.3 Å². The molecule has 0 atom stereocenters. The second kappa shape index (κ2) is 5.52. The van der Waals surface area contributed by atoms with Crippen molar-refractivity contribution in [2.75, 3.05) is 11.9 Å². The van der Waals surface area contributed by atoms with E-state index < -0.39 is 0 Å². The zero-order valence-electron chi connectivity index (χ0n) is 12.5. The smallest absolute Gasteiger partial charge is 0.262 e. The number of thiazole rings is 1. The van der Waals surface area contributed by atoms with Crippen LogP contribution in [0, 0.1) is 6.92 Å². The van der Waals surface area contributed by atoms with Crippen LogP contribution in [0.15, 0.2) is 47.8 Å². The number of aromatic nitrogens is 1. The van der Waals surface area contributed by atoms with Gasteiger partial charge in [0.05, 0.1) is 11.4 Å². The fourth-order valence-electron chi connectivity index (χ4n) is 2.67. The Kier molecular flexibility index (Phi) is 3.35. The molecule has 114 valence electrons. The van der Waals surface area contributed by atoms with Crippen molar-refractivity contribution in [2.45, 2.75) is 6.92 Å². The summed E-state index contributed by atoms with van der Waals surface area (Å²) in [6.45, 7) is 2.05. The Balaban J connectivity index is 1.76. The fraction of sp³-hybridized carbons (Fsp3) is 0.111.